The van der Waals surface area contributed by atoms with Crippen LogP contribution < -0.4 is 11.2 Å². The van der Waals surface area contributed by atoms with Crippen LogP contribution in [0.3, 0.4) is 0 Å². The van der Waals surface area contributed by atoms with Crippen molar-refractivity contribution in [2.24, 2.45) is 7.05 Å². The maximum absolute atomic E-state index is 12.8. The van der Waals surface area contributed by atoms with Gasteiger partial charge < -0.3 is 4.42 Å². The normalized spacial score (nSPS) is 11.8. The van der Waals surface area contributed by atoms with Gasteiger partial charge in [0.05, 0.1) is 5.69 Å². The van der Waals surface area contributed by atoms with Crippen LogP contribution in [0.4, 0.5) is 0 Å². The second-order valence-electron chi connectivity index (χ2n) is 5.65. The van der Waals surface area contributed by atoms with Crippen molar-refractivity contribution in [3.8, 4) is 0 Å². The maximum Gasteiger partial charge on any atom is 0.332 e. The van der Waals surface area contributed by atoms with Crippen molar-refractivity contribution in [1.29, 1.82) is 0 Å². The molecule has 3 aromatic rings. The van der Waals surface area contributed by atoms with E-state index < -0.39 is 0 Å². The Hall–Kier alpha value is -2.31. The van der Waals surface area contributed by atoms with Gasteiger partial charge in [-0.1, -0.05) is 19.8 Å². The summed E-state index contributed by atoms with van der Waals surface area (Å²) in [4.78, 5) is 29.5. The van der Waals surface area contributed by atoms with Crippen LogP contribution in [0.2, 0.25) is 0 Å². The van der Waals surface area contributed by atoms with Crippen LogP contribution in [0.25, 0.3) is 17.0 Å². The third-order valence-corrected chi connectivity index (χ3v) is 4.19. The summed E-state index contributed by atoms with van der Waals surface area (Å²) in [6.07, 6.45) is 2.83. The molecule has 0 N–H and O–H groups in total. The minimum Gasteiger partial charge on any atom is -0.428 e. The molecule has 0 bridgehead atoms. The number of nitrogens with zero attached hydrogens (tertiary/aromatic N) is 4. The lowest BCUT2D eigenvalue weighted by Crippen LogP contribution is -2.39. The molecule has 0 aliphatic carbocycles. The Morgan fingerprint density at radius 1 is 1.18 bits per heavy atom. The monoisotopic (exact) mass is 304 g/mol. The molecular formula is C15H20N4O3. The molecule has 3 rings (SSSR count). The van der Waals surface area contributed by atoms with Gasteiger partial charge in [0.15, 0.2) is 11.2 Å². The Balaban J connectivity index is 2.36. The molecule has 0 unspecified atom stereocenters. The fraction of sp³-hybridized carbons (Fsp3) is 0.533. The van der Waals surface area contributed by atoms with E-state index in [-0.39, 0.29) is 11.2 Å². The first-order valence-electron chi connectivity index (χ1n) is 7.55. The van der Waals surface area contributed by atoms with Crippen LogP contribution in [0.1, 0.15) is 37.6 Å². The quantitative estimate of drug-likeness (QED) is 0.688. The number of imidazole rings is 1. The summed E-state index contributed by atoms with van der Waals surface area (Å²) >= 11 is 0. The highest BCUT2D eigenvalue weighted by Gasteiger charge is 2.20. The fourth-order valence-electron chi connectivity index (χ4n) is 2.77. The Kier molecular flexibility index (Phi) is 3.42. The first-order chi connectivity index (χ1) is 10.5. The molecule has 0 saturated heterocycles. The Morgan fingerprint density at radius 2 is 1.91 bits per heavy atom. The lowest BCUT2D eigenvalue weighted by Gasteiger charge is -2.07. The molecule has 7 nitrogen and oxygen atoms in total. The van der Waals surface area contributed by atoms with Crippen LogP contribution in [0, 0.1) is 13.8 Å². The predicted molar refractivity (Wildman–Crippen MR) is 83.5 cm³/mol. The topological polar surface area (TPSA) is 74.4 Å². The smallest absolute Gasteiger partial charge is 0.332 e. The zero-order chi connectivity index (χ0) is 16.0. The van der Waals surface area contributed by atoms with Gasteiger partial charge in [0.2, 0.25) is 0 Å². The van der Waals surface area contributed by atoms with Gasteiger partial charge in [0.1, 0.15) is 5.76 Å². The number of aryl methyl sites for hydroxylation is 3. The zero-order valence-corrected chi connectivity index (χ0v) is 13.3. The lowest BCUT2D eigenvalue weighted by atomic mass is 10.2. The number of unbranched alkanes of at least 4 members (excludes halogenated alkanes) is 2. The molecule has 7 heteroatoms. The van der Waals surface area contributed by atoms with Gasteiger partial charge in [0, 0.05) is 13.6 Å². The molecule has 0 fully saturated rings. The van der Waals surface area contributed by atoms with Gasteiger partial charge in [-0.15, -0.1) is 0 Å². The molecule has 0 amide bonds. The summed E-state index contributed by atoms with van der Waals surface area (Å²) in [6, 6.07) is 0. The number of fused-ring (bicyclic) bond motifs is 3. The number of hydrogen-bond donors (Lipinski definition) is 0. The van der Waals surface area contributed by atoms with E-state index in [2.05, 4.69) is 11.9 Å². The lowest BCUT2D eigenvalue weighted by molar-refractivity contribution is 0.549. The number of aromatic nitrogens is 4. The molecule has 0 aliphatic heterocycles. The molecule has 0 atom stereocenters. The van der Waals surface area contributed by atoms with E-state index in [1.54, 1.807) is 11.4 Å². The van der Waals surface area contributed by atoms with Crippen molar-refractivity contribution < 1.29 is 4.42 Å². The first-order valence-corrected chi connectivity index (χ1v) is 7.55. The predicted octanol–water partition coefficient (Wildman–Crippen LogP) is 1.75. The van der Waals surface area contributed by atoms with Crippen molar-refractivity contribution in [2.45, 2.75) is 46.6 Å². The molecule has 118 valence electrons. The van der Waals surface area contributed by atoms with Crippen LogP contribution in [-0.2, 0) is 13.6 Å². The fourth-order valence-corrected chi connectivity index (χ4v) is 2.77. The van der Waals surface area contributed by atoms with Gasteiger partial charge in [-0.2, -0.15) is 4.98 Å². The van der Waals surface area contributed by atoms with Crippen molar-refractivity contribution in [1.82, 2.24) is 18.5 Å². The minimum atomic E-state index is -0.330. The van der Waals surface area contributed by atoms with Gasteiger partial charge in [-0.25, -0.2) is 4.79 Å². The number of rotatable bonds is 4. The Bertz CT molecular complexity index is 971. The Morgan fingerprint density at radius 3 is 2.59 bits per heavy atom. The SMILES string of the molecule is CCCCCn1c(=O)c2c(nc3oc(C)c(C)n32)n(C)c1=O. The standard InChI is InChI=1S/C15H20N4O3/c1-5-6-7-8-18-13(20)11-12(17(4)15(18)21)16-14-19(11)9(2)10(3)22-14/h5-8H2,1-4H3. The molecule has 0 spiro atoms. The summed E-state index contributed by atoms with van der Waals surface area (Å²) < 4.78 is 9.97. The average Bonchev–Trinajstić information content (AvgIpc) is 2.98. The van der Waals surface area contributed by atoms with Crippen LogP contribution in [0.5, 0.6) is 0 Å². The largest absolute Gasteiger partial charge is 0.428 e. The molecule has 3 heterocycles. The van der Waals surface area contributed by atoms with E-state index in [4.69, 9.17) is 4.42 Å². The Labute approximate surface area is 126 Å². The van der Waals surface area contributed by atoms with E-state index in [1.165, 1.54) is 9.13 Å². The first kappa shape index (κ1) is 14.6. The summed E-state index contributed by atoms with van der Waals surface area (Å²) in [5, 5.41) is 0. The molecule has 0 radical (unpaired) electrons. The molecule has 22 heavy (non-hydrogen) atoms. The van der Waals surface area contributed by atoms with Crippen molar-refractivity contribution >= 4 is 17.0 Å². The average molecular weight is 304 g/mol. The molecule has 0 saturated carbocycles. The number of oxazole rings is 1. The molecule has 0 aromatic carbocycles. The van der Waals surface area contributed by atoms with E-state index in [9.17, 15) is 9.59 Å². The number of hydrogen-bond acceptors (Lipinski definition) is 4. The second kappa shape index (κ2) is 5.15. The maximum atomic E-state index is 12.8. The third kappa shape index (κ3) is 1.92. The summed E-state index contributed by atoms with van der Waals surface area (Å²) in [7, 11) is 1.63. The van der Waals surface area contributed by atoms with Gasteiger partial charge in [-0.3, -0.25) is 18.3 Å². The summed E-state index contributed by atoms with van der Waals surface area (Å²) in [6.45, 7) is 6.22. The zero-order valence-electron chi connectivity index (χ0n) is 13.3. The van der Waals surface area contributed by atoms with Crippen molar-refractivity contribution in [2.75, 3.05) is 0 Å². The van der Waals surface area contributed by atoms with Gasteiger partial charge >= 0.3 is 11.5 Å². The van der Waals surface area contributed by atoms with Gasteiger partial charge in [0.25, 0.3) is 5.56 Å². The van der Waals surface area contributed by atoms with E-state index in [0.29, 0.717) is 23.6 Å². The van der Waals surface area contributed by atoms with E-state index in [1.807, 2.05) is 13.8 Å². The second-order valence-corrected chi connectivity index (χ2v) is 5.65. The van der Waals surface area contributed by atoms with E-state index in [0.717, 1.165) is 30.7 Å². The summed E-state index contributed by atoms with van der Waals surface area (Å²) in [5.41, 5.74) is 0.967. The molecular weight excluding hydrogens is 284 g/mol. The van der Waals surface area contributed by atoms with E-state index >= 15 is 0 Å². The minimum absolute atomic E-state index is 0.300. The van der Waals surface area contributed by atoms with Crippen molar-refractivity contribution in [3.05, 3.63) is 32.3 Å². The van der Waals surface area contributed by atoms with Crippen molar-refractivity contribution in [3.63, 3.8) is 0 Å². The van der Waals surface area contributed by atoms with Crippen LogP contribution in [0.15, 0.2) is 14.0 Å². The highest BCUT2D eigenvalue weighted by molar-refractivity contribution is 5.75. The highest BCUT2D eigenvalue weighted by Crippen LogP contribution is 2.19. The highest BCUT2D eigenvalue weighted by atomic mass is 16.4. The third-order valence-electron chi connectivity index (χ3n) is 4.19. The molecule has 3 aromatic heterocycles. The van der Waals surface area contributed by atoms with Gasteiger partial charge in [-0.05, 0) is 20.3 Å². The van der Waals surface area contributed by atoms with Crippen LogP contribution in [-0.4, -0.2) is 18.5 Å². The van der Waals surface area contributed by atoms with Crippen LogP contribution >= 0.6 is 0 Å². The molecule has 0 aliphatic rings. The summed E-state index contributed by atoms with van der Waals surface area (Å²) in [5.74, 6) is 1.07.